The smallest absolute Gasteiger partial charge is 0.256 e. The van der Waals surface area contributed by atoms with Gasteiger partial charge in [-0.1, -0.05) is 0 Å². The van der Waals surface area contributed by atoms with Crippen molar-refractivity contribution in [2.24, 2.45) is 7.05 Å². The summed E-state index contributed by atoms with van der Waals surface area (Å²) in [5.74, 6) is -0.610. The number of fused-ring (bicyclic) bond motifs is 1. The molecule has 0 saturated heterocycles. The third-order valence-corrected chi connectivity index (χ3v) is 3.44. The van der Waals surface area contributed by atoms with Crippen LogP contribution in [0.3, 0.4) is 0 Å². The van der Waals surface area contributed by atoms with Gasteiger partial charge in [-0.25, -0.2) is 9.37 Å². The van der Waals surface area contributed by atoms with E-state index in [4.69, 9.17) is 0 Å². The maximum absolute atomic E-state index is 12.9. The molecule has 0 fully saturated rings. The van der Waals surface area contributed by atoms with Crippen molar-refractivity contribution in [1.29, 1.82) is 0 Å². The average Bonchev–Trinajstić information content (AvgIpc) is 2.75. The summed E-state index contributed by atoms with van der Waals surface area (Å²) in [5.41, 5.74) is 3.20. The number of anilines is 1. The topological polar surface area (TPSA) is 59.8 Å². The van der Waals surface area contributed by atoms with E-state index < -0.39 is 0 Å². The molecule has 0 unspecified atom stereocenters. The van der Waals surface area contributed by atoms with Crippen LogP contribution < -0.4 is 5.32 Å². The summed E-state index contributed by atoms with van der Waals surface area (Å²) in [6.45, 7) is 3.67. The van der Waals surface area contributed by atoms with E-state index in [1.807, 2.05) is 13.8 Å². The van der Waals surface area contributed by atoms with Crippen LogP contribution in [-0.2, 0) is 7.05 Å². The van der Waals surface area contributed by atoms with Crippen molar-refractivity contribution in [3.8, 4) is 0 Å². The molecule has 3 aromatic rings. The minimum Gasteiger partial charge on any atom is -0.322 e. The highest BCUT2D eigenvalue weighted by atomic mass is 19.1. The van der Waals surface area contributed by atoms with Crippen LogP contribution in [0.2, 0.25) is 0 Å². The van der Waals surface area contributed by atoms with Crippen LogP contribution in [0.25, 0.3) is 11.0 Å². The van der Waals surface area contributed by atoms with Gasteiger partial charge in [0.25, 0.3) is 5.91 Å². The van der Waals surface area contributed by atoms with Gasteiger partial charge in [0.2, 0.25) is 0 Å². The Morgan fingerprint density at radius 3 is 2.59 bits per heavy atom. The first-order valence-corrected chi connectivity index (χ1v) is 6.83. The second kappa shape index (κ2) is 5.22. The highest BCUT2D eigenvalue weighted by Crippen LogP contribution is 2.22. The Morgan fingerprint density at radius 1 is 1.23 bits per heavy atom. The van der Waals surface area contributed by atoms with Crippen molar-refractivity contribution in [1.82, 2.24) is 14.8 Å². The molecule has 1 N–H and O–H groups in total. The van der Waals surface area contributed by atoms with Crippen LogP contribution in [0.15, 0.2) is 30.3 Å². The Bertz CT molecular complexity index is 868. The van der Waals surface area contributed by atoms with Crippen molar-refractivity contribution >= 4 is 22.6 Å². The van der Waals surface area contributed by atoms with Crippen molar-refractivity contribution in [3.63, 3.8) is 0 Å². The number of halogens is 1. The van der Waals surface area contributed by atoms with Gasteiger partial charge in [0.05, 0.1) is 16.6 Å². The Morgan fingerprint density at radius 2 is 1.91 bits per heavy atom. The minimum atomic E-state index is -0.344. The summed E-state index contributed by atoms with van der Waals surface area (Å²) in [5, 5.41) is 7.82. The Labute approximate surface area is 126 Å². The zero-order chi connectivity index (χ0) is 15.9. The number of nitrogens with zero attached hydrogens (tertiary/aromatic N) is 3. The number of pyridine rings is 1. The molecule has 0 spiro atoms. The predicted octanol–water partition coefficient (Wildman–Crippen LogP) is 2.98. The molecule has 3 rings (SSSR count). The quantitative estimate of drug-likeness (QED) is 0.791. The van der Waals surface area contributed by atoms with Crippen molar-refractivity contribution in [3.05, 3.63) is 53.1 Å². The van der Waals surface area contributed by atoms with Gasteiger partial charge >= 0.3 is 0 Å². The SMILES string of the molecule is Cc1cc(C(=O)Nc2ccc(F)cc2)c2c(C)nn(C)c2n1. The number of aryl methyl sites for hydroxylation is 3. The zero-order valence-electron chi connectivity index (χ0n) is 12.5. The Hall–Kier alpha value is -2.76. The highest BCUT2D eigenvalue weighted by Gasteiger charge is 2.17. The lowest BCUT2D eigenvalue weighted by atomic mass is 10.1. The molecule has 0 bridgehead atoms. The largest absolute Gasteiger partial charge is 0.322 e. The fourth-order valence-corrected chi connectivity index (χ4v) is 2.48. The molecule has 0 radical (unpaired) electrons. The molecule has 0 saturated carbocycles. The standard InChI is InChI=1S/C16H15FN4O/c1-9-8-13(14-10(2)20-21(3)15(14)18-9)16(22)19-12-6-4-11(17)5-7-12/h4-8H,1-3H3,(H,19,22). The average molecular weight is 298 g/mol. The summed E-state index contributed by atoms with van der Waals surface area (Å²) in [4.78, 5) is 17.0. The monoisotopic (exact) mass is 298 g/mol. The molecule has 1 aromatic carbocycles. The fraction of sp³-hybridized carbons (Fsp3) is 0.188. The molecule has 112 valence electrons. The summed E-state index contributed by atoms with van der Waals surface area (Å²) < 4.78 is 14.6. The van der Waals surface area contributed by atoms with Gasteiger partial charge < -0.3 is 5.32 Å². The van der Waals surface area contributed by atoms with Crippen LogP contribution in [0.4, 0.5) is 10.1 Å². The lowest BCUT2D eigenvalue weighted by molar-refractivity contribution is 0.102. The normalized spacial score (nSPS) is 10.9. The molecular formula is C16H15FN4O. The van der Waals surface area contributed by atoms with E-state index in [2.05, 4.69) is 15.4 Å². The summed E-state index contributed by atoms with van der Waals surface area (Å²) in [6.07, 6.45) is 0. The molecule has 0 aliphatic rings. The molecule has 0 aliphatic carbocycles. The fourth-order valence-electron chi connectivity index (χ4n) is 2.48. The number of amides is 1. The molecular weight excluding hydrogens is 283 g/mol. The molecule has 22 heavy (non-hydrogen) atoms. The third kappa shape index (κ3) is 2.43. The summed E-state index contributed by atoms with van der Waals surface area (Å²) in [7, 11) is 1.80. The van der Waals surface area contributed by atoms with Crippen LogP contribution in [0.1, 0.15) is 21.7 Å². The van der Waals surface area contributed by atoms with E-state index in [1.54, 1.807) is 17.8 Å². The maximum Gasteiger partial charge on any atom is 0.256 e. The molecule has 0 atom stereocenters. The number of benzene rings is 1. The summed E-state index contributed by atoms with van der Waals surface area (Å²) >= 11 is 0. The number of carbonyl (C=O) groups excluding carboxylic acids is 1. The lowest BCUT2D eigenvalue weighted by Crippen LogP contribution is -2.13. The number of rotatable bonds is 2. The van der Waals surface area contributed by atoms with E-state index in [-0.39, 0.29) is 11.7 Å². The first-order valence-electron chi connectivity index (χ1n) is 6.83. The number of nitrogens with one attached hydrogen (secondary N) is 1. The van der Waals surface area contributed by atoms with E-state index in [9.17, 15) is 9.18 Å². The first kappa shape index (κ1) is 14.2. The second-order valence-electron chi connectivity index (χ2n) is 5.18. The second-order valence-corrected chi connectivity index (χ2v) is 5.18. The Balaban J connectivity index is 2.05. The van der Waals surface area contributed by atoms with Gasteiger partial charge in [0.15, 0.2) is 5.65 Å². The third-order valence-electron chi connectivity index (χ3n) is 3.44. The number of hydrogen-bond acceptors (Lipinski definition) is 3. The van der Waals surface area contributed by atoms with Gasteiger partial charge in [0, 0.05) is 18.4 Å². The number of hydrogen-bond donors (Lipinski definition) is 1. The molecule has 2 aromatic heterocycles. The molecule has 6 heteroatoms. The van der Waals surface area contributed by atoms with Crippen molar-refractivity contribution in [2.75, 3.05) is 5.32 Å². The van der Waals surface area contributed by atoms with Gasteiger partial charge in [-0.2, -0.15) is 5.10 Å². The number of aromatic nitrogens is 3. The van der Waals surface area contributed by atoms with Gasteiger partial charge in [-0.15, -0.1) is 0 Å². The van der Waals surface area contributed by atoms with Crippen LogP contribution in [-0.4, -0.2) is 20.7 Å². The van der Waals surface area contributed by atoms with E-state index in [1.165, 1.54) is 24.3 Å². The minimum absolute atomic E-state index is 0.266. The van der Waals surface area contributed by atoms with Gasteiger partial charge in [0.1, 0.15) is 5.82 Å². The summed E-state index contributed by atoms with van der Waals surface area (Å²) in [6, 6.07) is 7.38. The van der Waals surface area contributed by atoms with Crippen molar-refractivity contribution < 1.29 is 9.18 Å². The van der Waals surface area contributed by atoms with Crippen LogP contribution in [0.5, 0.6) is 0 Å². The van der Waals surface area contributed by atoms with E-state index in [0.717, 1.165) is 16.8 Å². The molecule has 2 heterocycles. The molecule has 0 aliphatic heterocycles. The Kier molecular flexibility index (Phi) is 3.36. The molecule has 1 amide bonds. The zero-order valence-corrected chi connectivity index (χ0v) is 12.5. The predicted molar refractivity (Wildman–Crippen MR) is 82.3 cm³/mol. The lowest BCUT2D eigenvalue weighted by Gasteiger charge is -2.08. The number of carbonyl (C=O) groups is 1. The molecule has 5 nitrogen and oxygen atoms in total. The van der Waals surface area contributed by atoms with Crippen molar-refractivity contribution in [2.45, 2.75) is 13.8 Å². The highest BCUT2D eigenvalue weighted by molar-refractivity contribution is 6.12. The van der Waals surface area contributed by atoms with Crippen LogP contribution in [0, 0.1) is 19.7 Å². The van der Waals surface area contributed by atoms with E-state index >= 15 is 0 Å². The first-order chi connectivity index (χ1) is 10.5. The maximum atomic E-state index is 12.9. The van der Waals surface area contributed by atoms with E-state index in [0.29, 0.717) is 16.9 Å². The van der Waals surface area contributed by atoms with Gasteiger partial charge in [-0.05, 0) is 44.2 Å². The van der Waals surface area contributed by atoms with Gasteiger partial charge in [-0.3, -0.25) is 9.48 Å². The van der Waals surface area contributed by atoms with Crippen LogP contribution >= 0.6 is 0 Å².